The minimum atomic E-state index is -0.948. The van der Waals surface area contributed by atoms with E-state index in [1.54, 1.807) is 6.07 Å². The number of hydrogen-bond acceptors (Lipinski definition) is 4. The first-order chi connectivity index (χ1) is 13.6. The maximum Gasteiger partial charge on any atom is 0.334 e. The van der Waals surface area contributed by atoms with Gasteiger partial charge < -0.3 is 4.57 Å². The molecule has 152 valence electrons. The maximum absolute atomic E-state index is 12.9. The third-order valence-electron chi connectivity index (χ3n) is 5.01. The molecule has 1 aromatic carbocycles. The summed E-state index contributed by atoms with van der Waals surface area (Å²) in [6.07, 6.45) is 0. The predicted octanol–water partition coefficient (Wildman–Crippen LogP) is 3.03. The number of aromatic nitrogens is 1. The number of carbonyl (C=O) groups excluding carboxylic acids is 4. The van der Waals surface area contributed by atoms with E-state index in [0.717, 1.165) is 32.4 Å². The van der Waals surface area contributed by atoms with Crippen LogP contribution >= 0.6 is 0 Å². The summed E-state index contributed by atoms with van der Waals surface area (Å²) in [5.74, 6) is -2.17. The molecule has 0 unspecified atom stereocenters. The van der Waals surface area contributed by atoms with Crippen LogP contribution in [0.2, 0.25) is 0 Å². The Labute approximate surface area is 169 Å². The van der Waals surface area contributed by atoms with Crippen molar-refractivity contribution in [2.24, 2.45) is 5.92 Å². The normalized spacial score (nSPS) is 14.5. The number of Topliss-reactive ketones (excluding diaryl/α,β-unsaturated/α-hetero) is 1. The Morgan fingerprint density at radius 3 is 2.10 bits per heavy atom. The van der Waals surface area contributed by atoms with E-state index in [2.05, 4.69) is 0 Å². The lowest BCUT2D eigenvalue weighted by Crippen LogP contribution is -2.38. The average Bonchev–Trinajstić information content (AvgIpc) is 3.06. The summed E-state index contributed by atoms with van der Waals surface area (Å²) in [5, 5.41) is 0. The molecule has 0 spiro atoms. The van der Waals surface area contributed by atoms with Gasteiger partial charge in [0.05, 0.1) is 6.54 Å². The van der Waals surface area contributed by atoms with Gasteiger partial charge in [0.1, 0.15) is 0 Å². The number of amides is 4. The summed E-state index contributed by atoms with van der Waals surface area (Å²) in [6.45, 7) is 9.11. The van der Waals surface area contributed by atoms with Gasteiger partial charge in [0, 0.05) is 29.2 Å². The van der Waals surface area contributed by atoms with Crippen molar-refractivity contribution in [3.63, 3.8) is 0 Å². The fraction of sp³-hybridized carbons (Fsp3) is 0.364. The number of aryl methyl sites for hydroxylation is 2. The Morgan fingerprint density at radius 1 is 0.931 bits per heavy atom. The van der Waals surface area contributed by atoms with Gasteiger partial charge >= 0.3 is 17.8 Å². The highest BCUT2D eigenvalue weighted by molar-refractivity contribution is 6.45. The number of ketones is 1. The van der Waals surface area contributed by atoms with E-state index in [-0.39, 0.29) is 18.2 Å². The topological polar surface area (TPSA) is 79.7 Å². The molecular weight excluding hydrogens is 370 g/mol. The smallest absolute Gasteiger partial charge is 0.318 e. The van der Waals surface area contributed by atoms with Crippen LogP contribution in [0.15, 0.2) is 30.3 Å². The summed E-state index contributed by atoms with van der Waals surface area (Å²) in [5.41, 5.74) is 4.08. The quantitative estimate of drug-likeness (QED) is 0.428. The van der Waals surface area contributed by atoms with E-state index >= 15 is 0 Å². The van der Waals surface area contributed by atoms with Gasteiger partial charge in [-0.1, -0.05) is 31.5 Å². The molecular formula is C22H25N3O4. The van der Waals surface area contributed by atoms with Crippen molar-refractivity contribution >= 4 is 23.6 Å². The Balaban J connectivity index is 1.86. The van der Waals surface area contributed by atoms with E-state index in [0.29, 0.717) is 5.56 Å². The highest BCUT2D eigenvalue weighted by atomic mass is 16.2. The van der Waals surface area contributed by atoms with Crippen molar-refractivity contribution in [1.82, 2.24) is 14.4 Å². The third-order valence-corrected chi connectivity index (χ3v) is 5.01. The van der Waals surface area contributed by atoms with Gasteiger partial charge in [-0.3, -0.25) is 19.3 Å². The number of imide groups is 2. The minimum absolute atomic E-state index is 0.0276. The van der Waals surface area contributed by atoms with Gasteiger partial charge in [0.25, 0.3) is 0 Å². The van der Waals surface area contributed by atoms with Crippen molar-refractivity contribution in [2.45, 2.75) is 34.6 Å². The third kappa shape index (κ3) is 3.72. The Morgan fingerprint density at radius 2 is 1.52 bits per heavy atom. The number of rotatable bonds is 6. The molecule has 0 radical (unpaired) electrons. The monoisotopic (exact) mass is 395 g/mol. The van der Waals surface area contributed by atoms with Crippen LogP contribution in [-0.4, -0.2) is 51.1 Å². The van der Waals surface area contributed by atoms with E-state index in [9.17, 15) is 19.2 Å². The first-order valence-electron chi connectivity index (χ1n) is 9.58. The van der Waals surface area contributed by atoms with Crippen LogP contribution in [0.1, 0.15) is 41.2 Å². The fourth-order valence-corrected chi connectivity index (χ4v) is 3.58. The molecule has 3 rings (SSSR count). The molecule has 7 heteroatoms. The van der Waals surface area contributed by atoms with Crippen molar-refractivity contribution in [2.75, 3.05) is 13.1 Å². The van der Waals surface area contributed by atoms with Crippen LogP contribution in [0.3, 0.4) is 0 Å². The Hall–Kier alpha value is -3.22. The summed E-state index contributed by atoms with van der Waals surface area (Å²) < 4.78 is 1.95. The molecule has 1 saturated heterocycles. The number of benzene rings is 1. The fourth-order valence-electron chi connectivity index (χ4n) is 3.58. The number of nitrogens with zero attached hydrogens (tertiary/aromatic N) is 3. The molecule has 7 nitrogen and oxygen atoms in total. The average molecular weight is 395 g/mol. The van der Waals surface area contributed by atoms with Crippen LogP contribution < -0.4 is 0 Å². The van der Waals surface area contributed by atoms with Crippen LogP contribution in [0.5, 0.6) is 0 Å². The number of urea groups is 1. The zero-order chi connectivity index (χ0) is 21.5. The van der Waals surface area contributed by atoms with Crippen molar-refractivity contribution in [3.05, 3.63) is 52.8 Å². The van der Waals surface area contributed by atoms with E-state index < -0.39 is 24.4 Å². The second-order valence-corrected chi connectivity index (χ2v) is 7.86. The SMILES string of the molecule is Cc1ccc(-n2c(C)cc(C(=O)CN3C(=O)C(=O)N(CC(C)C)C3=O)c2C)cc1. The summed E-state index contributed by atoms with van der Waals surface area (Å²) in [7, 11) is 0. The molecule has 2 heterocycles. The van der Waals surface area contributed by atoms with E-state index in [1.165, 1.54) is 0 Å². The van der Waals surface area contributed by atoms with Gasteiger partial charge in [0.2, 0.25) is 0 Å². The molecule has 1 aromatic heterocycles. The van der Waals surface area contributed by atoms with Crippen molar-refractivity contribution in [3.8, 4) is 5.69 Å². The highest BCUT2D eigenvalue weighted by Gasteiger charge is 2.45. The van der Waals surface area contributed by atoms with Crippen LogP contribution in [0.4, 0.5) is 4.79 Å². The molecule has 0 N–H and O–H groups in total. The number of carbonyl (C=O) groups is 4. The summed E-state index contributed by atoms with van der Waals surface area (Å²) in [6, 6.07) is 8.95. The molecule has 0 saturated carbocycles. The van der Waals surface area contributed by atoms with Crippen LogP contribution in [-0.2, 0) is 9.59 Å². The number of hydrogen-bond donors (Lipinski definition) is 0. The van der Waals surface area contributed by atoms with E-state index in [4.69, 9.17) is 0 Å². The molecule has 4 amide bonds. The lowest BCUT2D eigenvalue weighted by molar-refractivity contribution is -0.143. The molecule has 1 fully saturated rings. The predicted molar refractivity (Wildman–Crippen MR) is 108 cm³/mol. The molecule has 0 atom stereocenters. The van der Waals surface area contributed by atoms with Gasteiger partial charge in [-0.2, -0.15) is 0 Å². The highest BCUT2D eigenvalue weighted by Crippen LogP contribution is 2.23. The van der Waals surface area contributed by atoms with Crippen molar-refractivity contribution < 1.29 is 19.2 Å². The zero-order valence-electron chi connectivity index (χ0n) is 17.4. The molecule has 0 aliphatic carbocycles. The first kappa shape index (κ1) is 20.5. The Kier molecular flexibility index (Phi) is 5.42. The van der Waals surface area contributed by atoms with Gasteiger partial charge in [-0.05, 0) is 44.9 Å². The summed E-state index contributed by atoms with van der Waals surface area (Å²) in [4.78, 5) is 51.4. The standard InChI is InChI=1S/C22H25N3O4/c1-13(2)11-23-20(27)21(28)24(22(23)29)12-19(26)18-10-15(4)25(16(18)5)17-8-6-14(3)7-9-17/h6-10,13H,11-12H2,1-5H3. The molecule has 0 bridgehead atoms. The second-order valence-electron chi connectivity index (χ2n) is 7.86. The van der Waals surface area contributed by atoms with Gasteiger partial charge in [-0.25, -0.2) is 9.69 Å². The molecule has 29 heavy (non-hydrogen) atoms. The second kappa shape index (κ2) is 7.66. The first-order valence-corrected chi connectivity index (χ1v) is 9.58. The Bertz CT molecular complexity index is 1000. The lowest BCUT2D eigenvalue weighted by Gasteiger charge is -2.16. The maximum atomic E-state index is 12.9. The molecule has 1 aliphatic heterocycles. The van der Waals surface area contributed by atoms with E-state index in [1.807, 2.05) is 63.5 Å². The summed E-state index contributed by atoms with van der Waals surface area (Å²) >= 11 is 0. The minimum Gasteiger partial charge on any atom is -0.318 e. The lowest BCUT2D eigenvalue weighted by atomic mass is 10.1. The van der Waals surface area contributed by atoms with Crippen LogP contribution in [0, 0.1) is 26.7 Å². The van der Waals surface area contributed by atoms with Gasteiger partial charge in [0.15, 0.2) is 5.78 Å². The van der Waals surface area contributed by atoms with Gasteiger partial charge in [-0.15, -0.1) is 0 Å². The van der Waals surface area contributed by atoms with Crippen molar-refractivity contribution in [1.29, 1.82) is 0 Å². The molecule has 2 aromatic rings. The molecule has 1 aliphatic rings. The largest absolute Gasteiger partial charge is 0.334 e. The van der Waals surface area contributed by atoms with Crippen LogP contribution in [0.25, 0.3) is 5.69 Å². The zero-order valence-corrected chi connectivity index (χ0v) is 17.4.